The summed E-state index contributed by atoms with van der Waals surface area (Å²) in [5.41, 5.74) is 0. The highest BCUT2D eigenvalue weighted by Gasteiger charge is 2.16. The van der Waals surface area contributed by atoms with E-state index in [9.17, 15) is 14.7 Å². The lowest BCUT2D eigenvalue weighted by atomic mass is 10.1. The van der Waals surface area contributed by atoms with Gasteiger partial charge in [0, 0.05) is 12.8 Å². The Balaban J connectivity index is 3.60. The smallest absolute Gasteiger partial charge is 0.306 e. The molecule has 0 aliphatic heterocycles. The Hall–Kier alpha value is -3.18. The van der Waals surface area contributed by atoms with Gasteiger partial charge in [-0.15, -0.1) is 0 Å². The van der Waals surface area contributed by atoms with Crippen molar-refractivity contribution in [3.05, 3.63) is 97.2 Å². The van der Waals surface area contributed by atoms with Crippen molar-refractivity contribution in [2.75, 3.05) is 13.2 Å². The molecular formula is C55H92O5. The van der Waals surface area contributed by atoms with Crippen LogP contribution in [0.5, 0.6) is 0 Å². The summed E-state index contributed by atoms with van der Waals surface area (Å²) >= 11 is 0. The van der Waals surface area contributed by atoms with Crippen LogP contribution in [0.2, 0.25) is 0 Å². The largest absolute Gasteiger partial charge is 0.462 e. The van der Waals surface area contributed by atoms with Crippen LogP contribution in [0.3, 0.4) is 0 Å². The van der Waals surface area contributed by atoms with Gasteiger partial charge in [0.1, 0.15) is 6.61 Å². The van der Waals surface area contributed by atoms with E-state index in [1.807, 2.05) is 0 Å². The van der Waals surface area contributed by atoms with Crippen molar-refractivity contribution >= 4 is 11.9 Å². The molecule has 0 heterocycles. The number of unbranched alkanes of at least 4 members (excludes halogenated alkanes) is 20. The number of carbonyl (C=O) groups excluding carboxylic acids is 2. The highest BCUT2D eigenvalue weighted by Crippen LogP contribution is 2.13. The zero-order chi connectivity index (χ0) is 43.5. The number of carbonyl (C=O) groups is 2. The summed E-state index contributed by atoms with van der Waals surface area (Å²) in [6, 6.07) is 0. The zero-order valence-corrected chi connectivity index (χ0v) is 38.9. The third-order valence-corrected chi connectivity index (χ3v) is 10.4. The van der Waals surface area contributed by atoms with Crippen molar-refractivity contribution in [2.24, 2.45) is 0 Å². The summed E-state index contributed by atoms with van der Waals surface area (Å²) < 4.78 is 10.7. The van der Waals surface area contributed by atoms with E-state index in [-0.39, 0.29) is 25.2 Å². The minimum atomic E-state index is -0.786. The average Bonchev–Trinajstić information content (AvgIpc) is 3.25. The maximum absolute atomic E-state index is 12.3. The van der Waals surface area contributed by atoms with Crippen molar-refractivity contribution in [2.45, 2.75) is 225 Å². The van der Waals surface area contributed by atoms with Gasteiger partial charge in [-0.3, -0.25) is 9.59 Å². The van der Waals surface area contributed by atoms with Crippen LogP contribution < -0.4 is 0 Å². The quantitative estimate of drug-likeness (QED) is 0.0376. The lowest BCUT2D eigenvalue weighted by Crippen LogP contribution is -2.28. The van der Waals surface area contributed by atoms with Gasteiger partial charge >= 0.3 is 11.9 Å². The monoisotopic (exact) mass is 833 g/mol. The standard InChI is InChI=1S/C55H92O5/c1-3-5-7-9-11-13-15-17-19-21-22-23-24-25-26-27-28-29-30-31-32-34-36-38-40-42-44-46-48-50-55(58)60-53(51-56)52-59-54(57)49-47-45-43-41-39-37-35-33-20-18-16-14-12-10-8-6-4-2/h5,7,11,13,17-20,22-23,25-26,28-29,31-32,53,56H,3-4,6,8-10,12,14-16,21,24,27,30,33-52H2,1-2H3/b7-5-,13-11-,19-17-,20-18-,23-22-,26-25-,29-28-,32-31-. The highest BCUT2D eigenvalue weighted by molar-refractivity contribution is 5.70. The molecule has 5 nitrogen and oxygen atoms in total. The van der Waals surface area contributed by atoms with Crippen molar-refractivity contribution in [1.29, 1.82) is 0 Å². The van der Waals surface area contributed by atoms with Gasteiger partial charge in [0.05, 0.1) is 6.61 Å². The first-order valence-corrected chi connectivity index (χ1v) is 24.8. The molecule has 1 N–H and O–H groups in total. The number of ether oxygens (including phenoxy) is 2. The van der Waals surface area contributed by atoms with Gasteiger partial charge < -0.3 is 14.6 Å². The maximum Gasteiger partial charge on any atom is 0.306 e. The first-order valence-electron chi connectivity index (χ1n) is 24.8. The Morgan fingerprint density at radius 1 is 0.400 bits per heavy atom. The molecule has 0 amide bonds. The van der Waals surface area contributed by atoms with Gasteiger partial charge in [0.2, 0.25) is 0 Å². The van der Waals surface area contributed by atoms with E-state index in [0.29, 0.717) is 12.8 Å². The molecule has 0 aromatic heterocycles. The van der Waals surface area contributed by atoms with Crippen LogP contribution in [0, 0.1) is 0 Å². The SMILES string of the molecule is CC/C=C\C/C=C\C/C=C\C/C=C\C/C=C\C/C=C\C/C=C\CCCCCCCCCC(=O)OC(CO)COC(=O)CCCCCCCCC/C=C\CCCCCCCC. The molecule has 0 bridgehead atoms. The normalized spacial score (nSPS) is 13.1. The molecule has 5 heteroatoms. The number of rotatable bonds is 44. The van der Waals surface area contributed by atoms with Crippen LogP contribution in [0.1, 0.15) is 219 Å². The van der Waals surface area contributed by atoms with Crippen LogP contribution in [0.4, 0.5) is 0 Å². The second-order valence-electron chi connectivity index (χ2n) is 16.2. The van der Waals surface area contributed by atoms with E-state index < -0.39 is 6.10 Å². The molecule has 0 aromatic rings. The number of allylic oxidation sites excluding steroid dienone is 16. The van der Waals surface area contributed by atoms with E-state index in [2.05, 4.69) is 111 Å². The van der Waals surface area contributed by atoms with Gasteiger partial charge in [0.25, 0.3) is 0 Å². The fourth-order valence-corrected chi connectivity index (χ4v) is 6.65. The summed E-state index contributed by atoms with van der Waals surface area (Å²) in [6.07, 6.45) is 70.6. The van der Waals surface area contributed by atoms with Gasteiger partial charge in [-0.2, -0.15) is 0 Å². The number of esters is 2. The fraction of sp³-hybridized carbons (Fsp3) is 0.673. The molecule has 0 saturated heterocycles. The van der Waals surface area contributed by atoms with Crippen molar-refractivity contribution in [1.82, 2.24) is 0 Å². The zero-order valence-electron chi connectivity index (χ0n) is 38.9. The molecule has 1 atom stereocenters. The number of aliphatic hydroxyl groups excluding tert-OH is 1. The van der Waals surface area contributed by atoms with Gasteiger partial charge in [-0.25, -0.2) is 0 Å². The average molecular weight is 833 g/mol. The van der Waals surface area contributed by atoms with Gasteiger partial charge in [0.15, 0.2) is 6.10 Å². The van der Waals surface area contributed by atoms with E-state index >= 15 is 0 Å². The number of hydrogen-bond donors (Lipinski definition) is 1. The topological polar surface area (TPSA) is 72.8 Å². The first kappa shape index (κ1) is 56.8. The second kappa shape index (κ2) is 50.2. The summed E-state index contributed by atoms with van der Waals surface area (Å²) in [4.78, 5) is 24.4. The summed E-state index contributed by atoms with van der Waals surface area (Å²) in [7, 11) is 0. The summed E-state index contributed by atoms with van der Waals surface area (Å²) in [5.74, 6) is -0.612. The maximum atomic E-state index is 12.3. The van der Waals surface area contributed by atoms with E-state index in [1.54, 1.807) is 0 Å². The summed E-state index contributed by atoms with van der Waals surface area (Å²) in [6.45, 7) is 4.01. The predicted molar refractivity (Wildman–Crippen MR) is 260 cm³/mol. The van der Waals surface area contributed by atoms with Crippen LogP contribution in [-0.4, -0.2) is 36.4 Å². The Labute approximate surface area is 370 Å². The molecule has 0 aliphatic rings. The van der Waals surface area contributed by atoms with E-state index in [4.69, 9.17) is 9.47 Å². The van der Waals surface area contributed by atoms with E-state index in [0.717, 1.165) is 89.9 Å². The summed E-state index contributed by atoms with van der Waals surface area (Å²) in [5, 5.41) is 9.61. The number of hydrogen-bond acceptors (Lipinski definition) is 5. The first-order chi connectivity index (χ1) is 29.6. The minimum absolute atomic E-state index is 0.0772. The van der Waals surface area contributed by atoms with Crippen molar-refractivity contribution < 1.29 is 24.2 Å². The third-order valence-electron chi connectivity index (χ3n) is 10.4. The Kier molecular flexibility index (Phi) is 47.5. The molecule has 0 fully saturated rings. The molecule has 0 rings (SSSR count). The molecule has 342 valence electrons. The van der Waals surface area contributed by atoms with Crippen molar-refractivity contribution in [3.8, 4) is 0 Å². The molecule has 60 heavy (non-hydrogen) atoms. The fourth-order valence-electron chi connectivity index (χ4n) is 6.65. The number of aliphatic hydroxyl groups is 1. The van der Waals surface area contributed by atoms with Gasteiger partial charge in [-0.05, 0) is 96.3 Å². The Bertz CT molecular complexity index is 1170. The second-order valence-corrected chi connectivity index (χ2v) is 16.2. The molecule has 0 saturated carbocycles. The minimum Gasteiger partial charge on any atom is -0.462 e. The van der Waals surface area contributed by atoms with Crippen LogP contribution in [0.15, 0.2) is 97.2 Å². The Morgan fingerprint density at radius 3 is 1.10 bits per heavy atom. The van der Waals surface area contributed by atoms with E-state index in [1.165, 1.54) is 103 Å². The molecule has 0 aliphatic carbocycles. The molecule has 0 spiro atoms. The lowest BCUT2D eigenvalue weighted by Gasteiger charge is -2.15. The molecule has 0 aromatic carbocycles. The molecule has 1 unspecified atom stereocenters. The lowest BCUT2D eigenvalue weighted by molar-refractivity contribution is -0.161. The highest BCUT2D eigenvalue weighted by atomic mass is 16.6. The molecule has 0 radical (unpaired) electrons. The predicted octanol–water partition coefficient (Wildman–Crippen LogP) is 16.4. The third kappa shape index (κ3) is 47.5. The Morgan fingerprint density at radius 2 is 0.717 bits per heavy atom. The molecular weight excluding hydrogens is 741 g/mol. The van der Waals surface area contributed by atoms with Crippen LogP contribution in [0.25, 0.3) is 0 Å². The van der Waals surface area contributed by atoms with Gasteiger partial charge in [-0.1, -0.05) is 207 Å². The van der Waals surface area contributed by atoms with Crippen LogP contribution in [-0.2, 0) is 19.1 Å². The van der Waals surface area contributed by atoms with Crippen molar-refractivity contribution in [3.63, 3.8) is 0 Å². The van der Waals surface area contributed by atoms with Crippen LogP contribution >= 0.6 is 0 Å².